The SMILES string of the molecule is CCCCNC(=O)C(Cc1ccccc1)N(Cc1ccc(F)cc1)C(=O)CN(c1ccc(F)cc1)S(C)(=O)=O. The average molecular weight is 558 g/mol. The van der Waals surface area contributed by atoms with Crippen LogP contribution in [-0.2, 0) is 32.6 Å². The molecule has 0 saturated heterocycles. The number of anilines is 1. The van der Waals surface area contributed by atoms with Crippen LogP contribution in [0.3, 0.4) is 0 Å². The molecule has 0 heterocycles. The zero-order valence-corrected chi connectivity index (χ0v) is 22.8. The van der Waals surface area contributed by atoms with Crippen molar-refractivity contribution in [2.75, 3.05) is 23.7 Å². The largest absolute Gasteiger partial charge is 0.354 e. The number of rotatable bonds is 13. The number of nitrogens with zero attached hydrogens (tertiary/aromatic N) is 2. The molecule has 0 aliphatic heterocycles. The summed E-state index contributed by atoms with van der Waals surface area (Å²) in [6.07, 6.45) is 2.75. The van der Waals surface area contributed by atoms with E-state index in [0.717, 1.165) is 41.1 Å². The molecule has 0 bridgehead atoms. The van der Waals surface area contributed by atoms with Crippen molar-refractivity contribution in [3.05, 3.63) is 102 Å². The zero-order chi connectivity index (χ0) is 28.4. The molecule has 1 N–H and O–H groups in total. The van der Waals surface area contributed by atoms with E-state index in [9.17, 15) is 26.8 Å². The molecule has 2 amide bonds. The van der Waals surface area contributed by atoms with E-state index in [1.54, 1.807) is 0 Å². The fraction of sp³-hybridized carbons (Fsp3) is 0.310. The topological polar surface area (TPSA) is 86.8 Å². The molecule has 0 aromatic heterocycles. The maximum atomic E-state index is 13.9. The third-order valence-corrected chi connectivity index (χ3v) is 7.30. The molecule has 39 heavy (non-hydrogen) atoms. The Morgan fingerprint density at radius 1 is 0.872 bits per heavy atom. The van der Waals surface area contributed by atoms with Crippen molar-refractivity contribution < 1.29 is 26.8 Å². The molecule has 3 aromatic rings. The molecular weight excluding hydrogens is 524 g/mol. The Hall–Kier alpha value is -3.79. The van der Waals surface area contributed by atoms with Crippen LogP contribution in [0.15, 0.2) is 78.9 Å². The number of sulfonamides is 1. The summed E-state index contributed by atoms with van der Waals surface area (Å²) in [7, 11) is -3.95. The van der Waals surface area contributed by atoms with Gasteiger partial charge >= 0.3 is 0 Å². The fourth-order valence-corrected chi connectivity index (χ4v) is 4.92. The molecule has 0 aliphatic rings. The molecule has 0 saturated carbocycles. The van der Waals surface area contributed by atoms with Gasteiger partial charge in [0.25, 0.3) is 0 Å². The Bertz CT molecular complexity index is 1340. The molecule has 0 fully saturated rings. The molecule has 3 aromatic carbocycles. The summed E-state index contributed by atoms with van der Waals surface area (Å²) in [6.45, 7) is 1.75. The van der Waals surface area contributed by atoms with E-state index in [4.69, 9.17) is 0 Å². The number of hydrogen-bond donors (Lipinski definition) is 1. The minimum absolute atomic E-state index is 0.0567. The van der Waals surface area contributed by atoms with Crippen LogP contribution in [0.2, 0.25) is 0 Å². The predicted octanol–water partition coefficient (Wildman–Crippen LogP) is 4.29. The normalized spacial score (nSPS) is 12.0. The van der Waals surface area contributed by atoms with Crippen LogP contribution in [0.1, 0.15) is 30.9 Å². The van der Waals surface area contributed by atoms with Crippen molar-refractivity contribution in [3.8, 4) is 0 Å². The highest BCUT2D eigenvalue weighted by atomic mass is 32.2. The quantitative estimate of drug-likeness (QED) is 0.318. The molecule has 0 aliphatic carbocycles. The van der Waals surface area contributed by atoms with Gasteiger partial charge in [0.2, 0.25) is 21.8 Å². The lowest BCUT2D eigenvalue weighted by atomic mass is 10.0. The highest BCUT2D eigenvalue weighted by Gasteiger charge is 2.33. The summed E-state index contributed by atoms with van der Waals surface area (Å²) in [5.74, 6) is -2.02. The Balaban J connectivity index is 2.01. The monoisotopic (exact) mass is 557 g/mol. The lowest BCUT2D eigenvalue weighted by molar-refractivity contribution is -0.140. The summed E-state index contributed by atoms with van der Waals surface area (Å²) in [4.78, 5) is 28.7. The Kier molecular flexibility index (Phi) is 10.6. The van der Waals surface area contributed by atoms with Gasteiger partial charge in [-0.15, -0.1) is 0 Å². The number of carbonyl (C=O) groups is 2. The molecule has 3 rings (SSSR count). The number of carbonyl (C=O) groups excluding carboxylic acids is 2. The fourth-order valence-electron chi connectivity index (χ4n) is 4.07. The van der Waals surface area contributed by atoms with Gasteiger partial charge < -0.3 is 10.2 Å². The van der Waals surface area contributed by atoms with Crippen LogP contribution in [0.25, 0.3) is 0 Å². The second kappa shape index (κ2) is 13.8. The van der Waals surface area contributed by atoms with E-state index in [-0.39, 0.29) is 24.6 Å². The van der Waals surface area contributed by atoms with Gasteiger partial charge in [-0.2, -0.15) is 0 Å². The Morgan fingerprint density at radius 3 is 2.03 bits per heavy atom. The molecule has 1 unspecified atom stereocenters. The van der Waals surface area contributed by atoms with E-state index in [0.29, 0.717) is 12.1 Å². The van der Waals surface area contributed by atoms with Gasteiger partial charge in [-0.3, -0.25) is 13.9 Å². The summed E-state index contributed by atoms with van der Waals surface area (Å²) in [6, 6.07) is 18.5. The summed E-state index contributed by atoms with van der Waals surface area (Å²) in [5.41, 5.74) is 1.49. The van der Waals surface area contributed by atoms with Crippen LogP contribution < -0.4 is 9.62 Å². The first-order valence-electron chi connectivity index (χ1n) is 12.7. The lowest BCUT2D eigenvalue weighted by Gasteiger charge is -2.33. The summed E-state index contributed by atoms with van der Waals surface area (Å²) < 4.78 is 53.4. The van der Waals surface area contributed by atoms with E-state index in [1.807, 2.05) is 37.3 Å². The summed E-state index contributed by atoms with van der Waals surface area (Å²) >= 11 is 0. The highest BCUT2D eigenvalue weighted by molar-refractivity contribution is 7.92. The third kappa shape index (κ3) is 8.88. The second-order valence-electron chi connectivity index (χ2n) is 9.24. The number of benzene rings is 3. The van der Waals surface area contributed by atoms with Crippen molar-refractivity contribution in [3.63, 3.8) is 0 Å². The van der Waals surface area contributed by atoms with Crippen LogP contribution >= 0.6 is 0 Å². The highest BCUT2D eigenvalue weighted by Crippen LogP contribution is 2.21. The van der Waals surface area contributed by atoms with Gasteiger partial charge in [0.15, 0.2) is 0 Å². The van der Waals surface area contributed by atoms with E-state index in [1.165, 1.54) is 41.3 Å². The number of hydrogen-bond acceptors (Lipinski definition) is 4. The first kappa shape index (κ1) is 29.8. The van der Waals surface area contributed by atoms with Gasteiger partial charge in [0, 0.05) is 19.5 Å². The van der Waals surface area contributed by atoms with Gasteiger partial charge in [-0.05, 0) is 53.9 Å². The molecule has 10 heteroatoms. The number of unbranched alkanes of at least 4 members (excludes halogenated alkanes) is 1. The lowest BCUT2D eigenvalue weighted by Crippen LogP contribution is -2.53. The molecule has 0 radical (unpaired) electrons. The van der Waals surface area contributed by atoms with Crippen molar-refractivity contribution >= 4 is 27.5 Å². The minimum atomic E-state index is -3.95. The Morgan fingerprint density at radius 2 is 1.46 bits per heavy atom. The van der Waals surface area contributed by atoms with Crippen molar-refractivity contribution in [1.82, 2.24) is 10.2 Å². The van der Waals surface area contributed by atoms with E-state index in [2.05, 4.69) is 5.32 Å². The predicted molar refractivity (Wildman–Crippen MR) is 147 cm³/mol. The smallest absolute Gasteiger partial charge is 0.244 e. The number of halogens is 2. The molecule has 0 spiro atoms. The van der Waals surface area contributed by atoms with Gasteiger partial charge in [0.05, 0.1) is 11.9 Å². The van der Waals surface area contributed by atoms with E-state index >= 15 is 0 Å². The molecule has 7 nitrogen and oxygen atoms in total. The zero-order valence-electron chi connectivity index (χ0n) is 22.0. The first-order chi connectivity index (χ1) is 18.6. The Labute approximate surface area is 228 Å². The van der Waals surface area contributed by atoms with Gasteiger partial charge in [0.1, 0.15) is 24.2 Å². The molecular formula is C29H33F2N3O4S. The van der Waals surface area contributed by atoms with Crippen molar-refractivity contribution in [1.29, 1.82) is 0 Å². The minimum Gasteiger partial charge on any atom is -0.354 e. The average Bonchev–Trinajstić information content (AvgIpc) is 2.91. The van der Waals surface area contributed by atoms with Crippen LogP contribution in [0.5, 0.6) is 0 Å². The van der Waals surface area contributed by atoms with Crippen LogP contribution in [0, 0.1) is 11.6 Å². The van der Waals surface area contributed by atoms with Crippen molar-refractivity contribution in [2.24, 2.45) is 0 Å². The number of amides is 2. The standard InChI is InChI=1S/C29H33F2N3O4S/c1-3-4-18-32-29(36)27(19-22-8-6-5-7-9-22)33(20-23-10-12-24(30)13-11-23)28(35)21-34(39(2,37)38)26-16-14-25(31)15-17-26/h5-17,27H,3-4,18-21H2,1-2H3,(H,32,36). The van der Waals surface area contributed by atoms with Crippen molar-refractivity contribution in [2.45, 2.75) is 38.8 Å². The summed E-state index contributed by atoms with van der Waals surface area (Å²) in [5, 5.41) is 2.89. The van der Waals surface area contributed by atoms with Crippen LogP contribution in [-0.4, -0.2) is 50.5 Å². The van der Waals surface area contributed by atoms with E-state index < -0.39 is 40.2 Å². The second-order valence-corrected chi connectivity index (χ2v) is 11.2. The van der Waals surface area contributed by atoms with Gasteiger partial charge in [-0.1, -0.05) is 55.8 Å². The molecule has 208 valence electrons. The number of nitrogens with one attached hydrogen (secondary N) is 1. The third-order valence-electron chi connectivity index (χ3n) is 6.16. The van der Waals surface area contributed by atoms with Gasteiger partial charge in [-0.25, -0.2) is 17.2 Å². The molecule has 1 atom stereocenters. The van der Waals surface area contributed by atoms with Crippen LogP contribution in [0.4, 0.5) is 14.5 Å². The maximum absolute atomic E-state index is 13.9. The first-order valence-corrected chi connectivity index (χ1v) is 14.5. The maximum Gasteiger partial charge on any atom is 0.244 e.